The van der Waals surface area contributed by atoms with E-state index in [0.717, 1.165) is 19.1 Å². The molecule has 0 amide bonds. The molecule has 0 saturated heterocycles. The summed E-state index contributed by atoms with van der Waals surface area (Å²) in [5.74, 6) is 0. The lowest BCUT2D eigenvalue weighted by Gasteiger charge is -2.12. The van der Waals surface area contributed by atoms with Crippen molar-refractivity contribution in [2.75, 3.05) is 6.54 Å². The smallest absolute Gasteiger partial charge is 0.0243 e. The largest absolute Gasteiger partial charge is 0.313 e. The lowest BCUT2D eigenvalue weighted by atomic mass is 10.1. The summed E-state index contributed by atoms with van der Waals surface area (Å²) in [6.45, 7) is 6.57. The zero-order chi connectivity index (χ0) is 11.0. The Bertz CT molecular complexity index is 382. The molecule has 1 fully saturated rings. The van der Waals surface area contributed by atoms with E-state index in [1.54, 1.807) is 11.1 Å². The van der Waals surface area contributed by atoms with Crippen molar-refractivity contribution < 1.29 is 0 Å². The van der Waals surface area contributed by atoms with E-state index in [-0.39, 0.29) is 0 Å². The molecule has 3 rings (SSSR count). The van der Waals surface area contributed by atoms with E-state index < -0.39 is 0 Å². The molecule has 1 heterocycles. The first kappa shape index (κ1) is 10.3. The van der Waals surface area contributed by atoms with E-state index in [9.17, 15) is 0 Å². The third-order valence-corrected chi connectivity index (χ3v) is 3.66. The normalized spacial score (nSPS) is 20.1. The van der Waals surface area contributed by atoms with Gasteiger partial charge in [-0.3, -0.25) is 4.90 Å². The first-order valence-electron chi connectivity index (χ1n) is 6.42. The van der Waals surface area contributed by atoms with Crippen molar-refractivity contribution in [3.63, 3.8) is 0 Å². The van der Waals surface area contributed by atoms with Gasteiger partial charge in [-0.15, -0.1) is 0 Å². The molecule has 0 atom stereocenters. The molecule has 0 radical (unpaired) electrons. The van der Waals surface area contributed by atoms with Gasteiger partial charge in [-0.05, 0) is 36.1 Å². The highest BCUT2D eigenvalue weighted by Gasteiger charge is 2.32. The predicted molar refractivity (Wildman–Crippen MR) is 66.1 cm³/mol. The Hall–Kier alpha value is -0.860. The fourth-order valence-electron chi connectivity index (χ4n) is 2.55. The molecule has 86 valence electrons. The Labute approximate surface area is 97.6 Å². The van der Waals surface area contributed by atoms with Gasteiger partial charge in [0.2, 0.25) is 0 Å². The third-order valence-electron chi connectivity index (χ3n) is 3.66. The summed E-state index contributed by atoms with van der Waals surface area (Å²) in [5.41, 5.74) is 4.53. The van der Waals surface area contributed by atoms with Crippen LogP contribution in [-0.4, -0.2) is 17.5 Å². The van der Waals surface area contributed by atoms with Crippen LogP contribution in [0.25, 0.3) is 0 Å². The first-order chi connectivity index (χ1) is 7.86. The van der Waals surface area contributed by atoms with Gasteiger partial charge in [0.25, 0.3) is 0 Å². The van der Waals surface area contributed by atoms with E-state index in [1.807, 2.05) is 0 Å². The van der Waals surface area contributed by atoms with Crippen molar-refractivity contribution >= 4 is 0 Å². The SMILES string of the molecule is CCNCc1ccc2c(c1)CN(C1CC1)C2. The van der Waals surface area contributed by atoms with Gasteiger partial charge in [-0.25, -0.2) is 0 Å². The van der Waals surface area contributed by atoms with Crippen molar-refractivity contribution in [2.45, 2.75) is 45.4 Å². The highest BCUT2D eigenvalue weighted by molar-refractivity contribution is 5.35. The van der Waals surface area contributed by atoms with Gasteiger partial charge in [0.15, 0.2) is 0 Å². The maximum atomic E-state index is 3.39. The predicted octanol–water partition coefficient (Wildman–Crippen LogP) is 2.27. The van der Waals surface area contributed by atoms with E-state index in [4.69, 9.17) is 0 Å². The van der Waals surface area contributed by atoms with E-state index in [1.165, 1.54) is 31.5 Å². The summed E-state index contributed by atoms with van der Waals surface area (Å²) in [7, 11) is 0. The summed E-state index contributed by atoms with van der Waals surface area (Å²) >= 11 is 0. The van der Waals surface area contributed by atoms with Crippen LogP contribution >= 0.6 is 0 Å². The number of hydrogen-bond acceptors (Lipinski definition) is 2. The number of hydrogen-bond donors (Lipinski definition) is 1. The molecule has 0 spiro atoms. The fourth-order valence-corrected chi connectivity index (χ4v) is 2.55. The van der Waals surface area contributed by atoms with E-state index in [0.29, 0.717) is 0 Å². The molecule has 1 aliphatic heterocycles. The van der Waals surface area contributed by atoms with Gasteiger partial charge < -0.3 is 5.32 Å². The molecule has 1 aromatic rings. The van der Waals surface area contributed by atoms with Crippen molar-refractivity contribution in [1.29, 1.82) is 0 Å². The lowest BCUT2D eigenvalue weighted by Crippen LogP contribution is -2.18. The highest BCUT2D eigenvalue weighted by atomic mass is 15.2. The van der Waals surface area contributed by atoms with Crippen LogP contribution in [0.1, 0.15) is 36.5 Å². The Morgan fingerprint density at radius 2 is 2.06 bits per heavy atom. The second-order valence-corrected chi connectivity index (χ2v) is 5.02. The maximum Gasteiger partial charge on any atom is 0.0243 e. The van der Waals surface area contributed by atoms with Crippen LogP contribution in [0.3, 0.4) is 0 Å². The number of benzene rings is 1. The maximum absolute atomic E-state index is 3.39. The van der Waals surface area contributed by atoms with Crippen LogP contribution < -0.4 is 5.32 Å². The molecule has 0 unspecified atom stereocenters. The van der Waals surface area contributed by atoms with Crippen molar-refractivity contribution in [1.82, 2.24) is 10.2 Å². The van der Waals surface area contributed by atoms with Crippen LogP contribution in [0.5, 0.6) is 0 Å². The fraction of sp³-hybridized carbons (Fsp3) is 0.571. The summed E-state index contributed by atoms with van der Waals surface area (Å²) in [4.78, 5) is 2.63. The Morgan fingerprint density at radius 1 is 1.25 bits per heavy atom. The van der Waals surface area contributed by atoms with Crippen LogP contribution in [0.4, 0.5) is 0 Å². The number of nitrogens with one attached hydrogen (secondary N) is 1. The average Bonchev–Trinajstić information content (AvgIpc) is 3.06. The van der Waals surface area contributed by atoms with Crippen molar-refractivity contribution in [2.24, 2.45) is 0 Å². The summed E-state index contributed by atoms with van der Waals surface area (Å²) in [5, 5.41) is 3.39. The minimum absolute atomic E-state index is 0.893. The molecular weight excluding hydrogens is 196 g/mol. The van der Waals surface area contributed by atoms with Crippen molar-refractivity contribution in [3.8, 4) is 0 Å². The zero-order valence-electron chi connectivity index (χ0n) is 10.00. The van der Waals surface area contributed by atoms with Gasteiger partial charge in [-0.2, -0.15) is 0 Å². The molecule has 1 saturated carbocycles. The quantitative estimate of drug-likeness (QED) is 0.830. The molecule has 2 nitrogen and oxygen atoms in total. The lowest BCUT2D eigenvalue weighted by molar-refractivity contribution is 0.273. The van der Waals surface area contributed by atoms with Crippen LogP contribution in [0.15, 0.2) is 18.2 Å². The molecule has 16 heavy (non-hydrogen) atoms. The molecule has 2 heteroatoms. The molecule has 1 aliphatic carbocycles. The minimum Gasteiger partial charge on any atom is -0.313 e. The van der Waals surface area contributed by atoms with E-state index >= 15 is 0 Å². The third kappa shape index (κ3) is 2.00. The van der Waals surface area contributed by atoms with Gasteiger partial charge in [0.1, 0.15) is 0 Å². The Morgan fingerprint density at radius 3 is 2.81 bits per heavy atom. The first-order valence-corrected chi connectivity index (χ1v) is 6.42. The summed E-state index contributed by atoms with van der Waals surface area (Å²) < 4.78 is 0. The zero-order valence-corrected chi connectivity index (χ0v) is 10.00. The molecule has 1 N–H and O–H groups in total. The standard InChI is InChI=1S/C14H20N2/c1-2-15-8-11-3-4-12-9-16(14-5-6-14)10-13(12)7-11/h3-4,7,14-15H,2,5-6,8-10H2,1H3. The summed E-state index contributed by atoms with van der Waals surface area (Å²) in [6.07, 6.45) is 2.83. The topological polar surface area (TPSA) is 15.3 Å². The van der Waals surface area contributed by atoms with Crippen LogP contribution in [0.2, 0.25) is 0 Å². The number of fused-ring (bicyclic) bond motifs is 1. The van der Waals surface area contributed by atoms with Gasteiger partial charge in [-0.1, -0.05) is 25.1 Å². The monoisotopic (exact) mass is 216 g/mol. The van der Waals surface area contributed by atoms with Gasteiger partial charge in [0.05, 0.1) is 0 Å². The van der Waals surface area contributed by atoms with Gasteiger partial charge in [0, 0.05) is 25.7 Å². The second-order valence-electron chi connectivity index (χ2n) is 5.02. The van der Waals surface area contributed by atoms with E-state index in [2.05, 4.69) is 35.3 Å². The Kier molecular flexibility index (Phi) is 2.70. The second kappa shape index (κ2) is 4.19. The van der Waals surface area contributed by atoms with Crippen molar-refractivity contribution in [3.05, 3.63) is 34.9 Å². The van der Waals surface area contributed by atoms with Gasteiger partial charge >= 0.3 is 0 Å². The van der Waals surface area contributed by atoms with Crippen LogP contribution in [0, 0.1) is 0 Å². The number of rotatable bonds is 4. The molecule has 0 aromatic heterocycles. The number of nitrogens with zero attached hydrogens (tertiary/aromatic N) is 1. The minimum atomic E-state index is 0.893. The molecular formula is C14H20N2. The average molecular weight is 216 g/mol. The molecule has 0 bridgehead atoms. The molecule has 1 aromatic carbocycles. The molecule has 2 aliphatic rings. The summed E-state index contributed by atoms with van der Waals surface area (Å²) in [6, 6.07) is 7.88. The highest BCUT2D eigenvalue weighted by Crippen LogP contribution is 2.34. The van der Waals surface area contributed by atoms with Crippen LogP contribution in [-0.2, 0) is 19.6 Å². The Balaban J connectivity index is 1.72.